The summed E-state index contributed by atoms with van der Waals surface area (Å²) in [5.74, 6) is 2.21. The Morgan fingerprint density at radius 2 is 2.19 bits per heavy atom. The molecule has 1 aromatic heterocycles. The summed E-state index contributed by atoms with van der Waals surface area (Å²) in [6.45, 7) is 4.02. The minimum Gasteiger partial charge on any atom is -0.493 e. The van der Waals surface area contributed by atoms with Crippen molar-refractivity contribution in [2.45, 2.75) is 20.1 Å². The van der Waals surface area contributed by atoms with Crippen LogP contribution in [0.2, 0.25) is 5.15 Å². The molecule has 2 rings (SSSR count). The van der Waals surface area contributed by atoms with Gasteiger partial charge >= 0.3 is 0 Å². The number of hydrogen-bond donors (Lipinski definition) is 1. The van der Waals surface area contributed by atoms with Gasteiger partial charge in [0.05, 0.1) is 13.3 Å². The largest absolute Gasteiger partial charge is 0.493 e. The molecule has 6 heteroatoms. The van der Waals surface area contributed by atoms with Crippen LogP contribution in [0, 0.1) is 0 Å². The summed E-state index contributed by atoms with van der Waals surface area (Å²) in [6.07, 6.45) is 1.61. The van der Waals surface area contributed by atoms with Crippen molar-refractivity contribution < 1.29 is 9.47 Å². The third kappa shape index (κ3) is 3.68. The van der Waals surface area contributed by atoms with E-state index in [0.29, 0.717) is 17.5 Å². The molecule has 5 nitrogen and oxygen atoms in total. The van der Waals surface area contributed by atoms with E-state index in [0.717, 1.165) is 30.2 Å². The third-order valence-electron chi connectivity index (χ3n) is 3.22. The van der Waals surface area contributed by atoms with Crippen molar-refractivity contribution >= 4 is 11.6 Å². The molecule has 0 aliphatic carbocycles. The summed E-state index contributed by atoms with van der Waals surface area (Å²) in [6, 6.07) is 5.86. The molecular weight excluding hydrogens is 290 g/mol. The summed E-state index contributed by atoms with van der Waals surface area (Å²) < 4.78 is 13.1. The molecule has 0 radical (unpaired) electrons. The van der Waals surface area contributed by atoms with Gasteiger partial charge in [0.15, 0.2) is 11.5 Å². The molecule has 0 atom stereocenters. The molecule has 0 amide bonds. The molecule has 0 unspecified atom stereocenters. The van der Waals surface area contributed by atoms with Gasteiger partial charge in [0.25, 0.3) is 0 Å². The fourth-order valence-corrected chi connectivity index (χ4v) is 2.13. The molecule has 0 spiro atoms. The van der Waals surface area contributed by atoms with Gasteiger partial charge in [-0.2, -0.15) is 0 Å². The molecule has 0 bridgehead atoms. The highest BCUT2D eigenvalue weighted by Crippen LogP contribution is 2.31. The van der Waals surface area contributed by atoms with Crippen molar-refractivity contribution in [2.75, 3.05) is 13.7 Å². The molecule has 0 saturated carbocycles. The molecular formula is C15H20ClN3O2. The molecule has 0 saturated heterocycles. The average molecular weight is 310 g/mol. The van der Waals surface area contributed by atoms with Crippen LogP contribution in [0.4, 0.5) is 0 Å². The van der Waals surface area contributed by atoms with Gasteiger partial charge in [0.1, 0.15) is 17.6 Å². The zero-order valence-corrected chi connectivity index (χ0v) is 13.3. The molecule has 2 aromatic rings. The molecule has 0 aliphatic heterocycles. The highest BCUT2D eigenvalue weighted by molar-refractivity contribution is 6.29. The van der Waals surface area contributed by atoms with Gasteiger partial charge in [-0.05, 0) is 12.6 Å². The number of nitrogens with one attached hydrogen (secondary N) is 1. The molecule has 0 fully saturated rings. The number of nitrogens with zero attached hydrogens (tertiary/aromatic N) is 2. The average Bonchev–Trinajstić information content (AvgIpc) is 2.82. The maximum absolute atomic E-state index is 5.98. The Morgan fingerprint density at radius 3 is 2.81 bits per heavy atom. The fraction of sp³-hybridized carbons (Fsp3) is 0.400. The second-order valence-corrected chi connectivity index (χ2v) is 4.96. The summed E-state index contributed by atoms with van der Waals surface area (Å²) in [4.78, 5) is 4.23. The van der Waals surface area contributed by atoms with E-state index in [1.165, 1.54) is 0 Å². The van der Waals surface area contributed by atoms with Crippen molar-refractivity contribution in [3.8, 4) is 11.5 Å². The zero-order valence-electron chi connectivity index (χ0n) is 12.5. The first-order valence-corrected chi connectivity index (χ1v) is 7.20. The molecule has 1 heterocycles. The SMILES string of the molecule is CCNCc1cccc(OC)c1OCc1ncc(Cl)n1C. The van der Waals surface area contributed by atoms with E-state index in [1.54, 1.807) is 17.9 Å². The first-order valence-electron chi connectivity index (χ1n) is 6.82. The standard InChI is InChI=1S/C15H20ClN3O2/c1-4-17-8-11-6-5-7-12(20-3)15(11)21-10-14-18-9-13(16)19(14)2/h5-7,9,17H,4,8,10H2,1-3H3. The number of imidazole rings is 1. The number of ether oxygens (including phenoxy) is 2. The van der Waals surface area contributed by atoms with Crippen LogP contribution in [-0.2, 0) is 20.2 Å². The highest BCUT2D eigenvalue weighted by atomic mass is 35.5. The molecule has 1 N–H and O–H groups in total. The lowest BCUT2D eigenvalue weighted by Crippen LogP contribution is -2.13. The Morgan fingerprint density at radius 1 is 1.38 bits per heavy atom. The lowest BCUT2D eigenvalue weighted by molar-refractivity contribution is 0.269. The lowest BCUT2D eigenvalue weighted by atomic mass is 10.2. The molecule has 0 aliphatic rings. The number of para-hydroxylation sites is 1. The summed E-state index contributed by atoms with van der Waals surface area (Å²) in [5, 5.41) is 3.88. The second kappa shape index (κ2) is 7.33. The maximum Gasteiger partial charge on any atom is 0.166 e. The second-order valence-electron chi connectivity index (χ2n) is 4.57. The van der Waals surface area contributed by atoms with Crippen LogP contribution < -0.4 is 14.8 Å². The van der Waals surface area contributed by atoms with E-state index < -0.39 is 0 Å². The fourth-order valence-electron chi connectivity index (χ4n) is 1.98. The van der Waals surface area contributed by atoms with E-state index in [9.17, 15) is 0 Å². The summed E-state index contributed by atoms with van der Waals surface area (Å²) >= 11 is 5.98. The monoisotopic (exact) mass is 309 g/mol. The van der Waals surface area contributed by atoms with Gasteiger partial charge in [-0.1, -0.05) is 30.7 Å². The van der Waals surface area contributed by atoms with Gasteiger partial charge in [0, 0.05) is 19.2 Å². The van der Waals surface area contributed by atoms with E-state index >= 15 is 0 Å². The van der Waals surface area contributed by atoms with E-state index in [-0.39, 0.29) is 0 Å². The quantitative estimate of drug-likeness (QED) is 0.854. The minimum absolute atomic E-state index is 0.336. The normalized spacial score (nSPS) is 10.7. The highest BCUT2D eigenvalue weighted by Gasteiger charge is 2.12. The van der Waals surface area contributed by atoms with Crippen LogP contribution in [0.3, 0.4) is 0 Å². The zero-order chi connectivity index (χ0) is 15.2. The topological polar surface area (TPSA) is 48.3 Å². The van der Waals surface area contributed by atoms with Crippen LogP contribution in [0.1, 0.15) is 18.3 Å². The van der Waals surface area contributed by atoms with E-state index in [4.69, 9.17) is 21.1 Å². The number of aromatic nitrogens is 2. The van der Waals surface area contributed by atoms with Gasteiger partial charge in [-0.3, -0.25) is 0 Å². The Hall–Kier alpha value is -1.72. The van der Waals surface area contributed by atoms with Crippen LogP contribution in [0.15, 0.2) is 24.4 Å². The van der Waals surface area contributed by atoms with Crippen molar-refractivity contribution in [3.05, 3.63) is 40.9 Å². The Bertz CT molecular complexity index is 599. The Kier molecular flexibility index (Phi) is 5.47. The van der Waals surface area contributed by atoms with Gasteiger partial charge in [0.2, 0.25) is 0 Å². The smallest absolute Gasteiger partial charge is 0.166 e. The van der Waals surface area contributed by atoms with Crippen LogP contribution in [-0.4, -0.2) is 23.2 Å². The number of rotatable bonds is 7. The Labute approximate surface area is 129 Å². The van der Waals surface area contributed by atoms with Crippen LogP contribution in [0.5, 0.6) is 11.5 Å². The number of halogens is 1. The first kappa shape index (κ1) is 15.7. The lowest BCUT2D eigenvalue weighted by Gasteiger charge is -2.15. The minimum atomic E-state index is 0.336. The molecule has 21 heavy (non-hydrogen) atoms. The maximum atomic E-state index is 5.98. The van der Waals surface area contributed by atoms with Gasteiger partial charge < -0.3 is 19.4 Å². The first-order chi connectivity index (χ1) is 10.2. The van der Waals surface area contributed by atoms with Gasteiger partial charge in [-0.25, -0.2) is 4.98 Å². The predicted molar refractivity (Wildman–Crippen MR) is 82.9 cm³/mol. The molecule has 114 valence electrons. The van der Waals surface area contributed by atoms with Crippen molar-refractivity contribution in [1.82, 2.24) is 14.9 Å². The van der Waals surface area contributed by atoms with Gasteiger partial charge in [-0.15, -0.1) is 0 Å². The van der Waals surface area contributed by atoms with Crippen molar-refractivity contribution in [2.24, 2.45) is 7.05 Å². The third-order valence-corrected chi connectivity index (χ3v) is 3.57. The summed E-state index contributed by atoms with van der Waals surface area (Å²) in [5.41, 5.74) is 1.05. The predicted octanol–water partition coefficient (Wildman–Crippen LogP) is 2.77. The van der Waals surface area contributed by atoms with Crippen LogP contribution >= 0.6 is 11.6 Å². The molecule has 1 aromatic carbocycles. The van der Waals surface area contributed by atoms with Crippen molar-refractivity contribution in [1.29, 1.82) is 0 Å². The number of benzene rings is 1. The number of methoxy groups -OCH3 is 1. The van der Waals surface area contributed by atoms with E-state index in [2.05, 4.69) is 17.2 Å². The van der Waals surface area contributed by atoms with E-state index in [1.807, 2.05) is 25.2 Å². The number of hydrogen-bond acceptors (Lipinski definition) is 4. The summed E-state index contributed by atoms with van der Waals surface area (Å²) in [7, 11) is 3.49. The Balaban J connectivity index is 2.18. The van der Waals surface area contributed by atoms with Crippen molar-refractivity contribution in [3.63, 3.8) is 0 Å². The van der Waals surface area contributed by atoms with Crippen LogP contribution in [0.25, 0.3) is 0 Å².